The maximum Gasteiger partial charge on any atom is 0.242 e. The highest BCUT2D eigenvalue weighted by Crippen LogP contribution is 2.31. The molecule has 2 amide bonds. The number of ether oxygens (including phenoxy) is 1. The number of carbonyl (C=O) groups excluding carboxylic acids is 2. The molecule has 1 aliphatic carbocycles. The molecule has 1 unspecified atom stereocenters. The van der Waals surface area contributed by atoms with Gasteiger partial charge in [0.2, 0.25) is 11.8 Å². The van der Waals surface area contributed by atoms with Crippen LogP contribution < -0.4 is 11.1 Å². The summed E-state index contributed by atoms with van der Waals surface area (Å²) in [6, 6.07) is -0.617. The Morgan fingerprint density at radius 1 is 1.35 bits per heavy atom. The van der Waals surface area contributed by atoms with E-state index in [1.54, 1.807) is 4.90 Å². The lowest BCUT2D eigenvalue weighted by Gasteiger charge is -2.40. The summed E-state index contributed by atoms with van der Waals surface area (Å²) in [4.78, 5) is 25.6. The Morgan fingerprint density at radius 3 is 2.65 bits per heavy atom. The third kappa shape index (κ3) is 3.30. The van der Waals surface area contributed by atoms with Gasteiger partial charge in [0.1, 0.15) is 6.04 Å². The molecule has 0 aromatic rings. The van der Waals surface area contributed by atoms with Crippen LogP contribution >= 0.6 is 0 Å². The number of nitrogens with two attached hydrogens (primary N) is 1. The zero-order valence-electron chi connectivity index (χ0n) is 12.2. The second kappa shape index (κ2) is 6.54. The van der Waals surface area contributed by atoms with Crippen molar-refractivity contribution in [2.24, 2.45) is 5.73 Å². The maximum absolute atomic E-state index is 12.6. The van der Waals surface area contributed by atoms with E-state index >= 15 is 0 Å². The first-order valence-corrected chi connectivity index (χ1v) is 7.43. The number of nitrogens with one attached hydrogen (secondary N) is 1. The van der Waals surface area contributed by atoms with E-state index in [2.05, 4.69) is 5.32 Å². The van der Waals surface area contributed by atoms with Crippen LogP contribution in [0.25, 0.3) is 0 Å². The molecular weight excluding hydrogens is 258 g/mol. The van der Waals surface area contributed by atoms with Gasteiger partial charge in [-0.3, -0.25) is 9.59 Å². The van der Waals surface area contributed by atoms with Crippen LogP contribution in [0.2, 0.25) is 0 Å². The number of primary amides is 1. The molecule has 2 rings (SSSR count). The summed E-state index contributed by atoms with van der Waals surface area (Å²) < 4.78 is 5.25. The van der Waals surface area contributed by atoms with Crippen LogP contribution in [0, 0.1) is 0 Å². The van der Waals surface area contributed by atoms with E-state index < -0.39 is 11.9 Å². The highest BCUT2D eigenvalue weighted by atomic mass is 16.5. The first kappa shape index (κ1) is 15.3. The molecule has 3 N–H and O–H groups in total. The fourth-order valence-electron chi connectivity index (χ4n) is 3.27. The molecule has 0 aromatic carbocycles. The number of morpholine rings is 1. The second-order valence-electron chi connectivity index (χ2n) is 5.85. The Balaban J connectivity index is 2.03. The summed E-state index contributed by atoms with van der Waals surface area (Å²) in [7, 11) is 1.92. The molecule has 6 heteroatoms. The van der Waals surface area contributed by atoms with Crippen molar-refractivity contribution in [1.29, 1.82) is 0 Å². The van der Waals surface area contributed by atoms with Crippen molar-refractivity contribution >= 4 is 11.8 Å². The van der Waals surface area contributed by atoms with Gasteiger partial charge in [-0.2, -0.15) is 0 Å². The number of nitrogens with zero attached hydrogens (tertiary/aromatic N) is 1. The minimum atomic E-state index is -0.617. The van der Waals surface area contributed by atoms with Crippen molar-refractivity contribution in [2.45, 2.75) is 50.1 Å². The van der Waals surface area contributed by atoms with Crippen LogP contribution in [0.3, 0.4) is 0 Å². The molecule has 0 bridgehead atoms. The van der Waals surface area contributed by atoms with Crippen LogP contribution in [0.4, 0.5) is 0 Å². The zero-order valence-corrected chi connectivity index (χ0v) is 12.2. The minimum Gasteiger partial charge on any atom is -0.377 e. The third-order valence-corrected chi connectivity index (χ3v) is 4.61. The Labute approximate surface area is 120 Å². The molecule has 0 aromatic heterocycles. The summed E-state index contributed by atoms with van der Waals surface area (Å²) in [5, 5.41) is 3.34. The maximum atomic E-state index is 12.6. The molecule has 1 atom stereocenters. The Morgan fingerprint density at radius 2 is 2.05 bits per heavy atom. The summed E-state index contributed by atoms with van der Waals surface area (Å²) >= 11 is 0. The first-order valence-electron chi connectivity index (χ1n) is 7.43. The number of carbonyl (C=O) groups is 2. The van der Waals surface area contributed by atoms with Crippen molar-refractivity contribution in [3.05, 3.63) is 0 Å². The van der Waals surface area contributed by atoms with E-state index in [1.165, 1.54) is 6.42 Å². The van der Waals surface area contributed by atoms with Gasteiger partial charge < -0.3 is 20.7 Å². The van der Waals surface area contributed by atoms with Gasteiger partial charge in [-0.1, -0.05) is 19.3 Å². The summed E-state index contributed by atoms with van der Waals surface area (Å²) in [6.45, 7) is 1.14. The fourth-order valence-corrected chi connectivity index (χ4v) is 3.27. The second-order valence-corrected chi connectivity index (χ2v) is 5.85. The summed E-state index contributed by atoms with van der Waals surface area (Å²) in [5.41, 5.74) is 5.25. The average Bonchev–Trinajstić information content (AvgIpc) is 2.48. The molecule has 1 saturated heterocycles. The van der Waals surface area contributed by atoms with Gasteiger partial charge in [0.05, 0.1) is 13.2 Å². The topological polar surface area (TPSA) is 84.7 Å². The summed E-state index contributed by atoms with van der Waals surface area (Å²) in [6.07, 6.45) is 6.00. The molecule has 6 nitrogen and oxygen atoms in total. The van der Waals surface area contributed by atoms with Gasteiger partial charge in [0, 0.05) is 18.5 Å². The molecule has 20 heavy (non-hydrogen) atoms. The first-order chi connectivity index (χ1) is 9.58. The molecule has 0 spiro atoms. The molecule has 114 valence electrons. The largest absolute Gasteiger partial charge is 0.377 e. The lowest BCUT2D eigenvalue weighted by Crippen LogP contribution is -2.57. The van der Waals surface area contributed by atoms with Crippen LogP contribution in [-0.2, 0) is 14.3 Å². The number of amides is 2. The van der Waals surface area contributed by atoms with Crippen LogP contribution in [0.15, 0.2) is 0 Å². The lowest BCUT2D eigenvalue weighted by molar-refractivity contribution is -0.148. The smallest absolute Gasteiger partial charge is 0.242 e. The van der Waals surface area contributed by atoms with Crippen molar-refractivity contribution in [3.8, 4) is 0 Å². The van der Waals surface area contributed by atoms with Crippen molar-refractivity contribution < 1.29 is 14.3 Å². The van der Waals surface area contributed by atoms with E-state index in [0.29, 0.717) is 19.6 Å². The van der Waals surface area contributed by atoms with Gasteiger partial charge in [-0.05, 0) is 19.9 Å². The van der Waals surface area contributed by atoms with Gasteiger partial charge in [0.25, 0.3) is 0 Å². The Kier molecular flexibility index (Phi) is 4.99. The van der Waals surface area contributed by atoms with E-state index in [4.69, 9.17) is 10.5 Å². The number of hydrogen-bond donors (Lipinski definition) is 2. The quantitative estimate of drug-likeness (QED) is 0.761. The monoisotopic (exact) mass is 283 g/mol. The molecule has 2 aliphatic rings. The van der Waals surface area contributed by atoms with E-state index in [1.807, 2.05) is 7.05 Å². The van der Waals surface area contributed by atoms with Crippen molar-refractivity contribution in [2.75, 3.05) is 26.8 Å². The average molecular weight is 283 g/mol. The molecule has 1 saturated carbocycles. The predicted molar refractivity (Wildman–Crippen MR) is 75.0 cm³/mol. The standard InChI is InChI=1S/C14H25N3O3/c1-16-14(5-3-2-4-6-14)9-12(18)17-7-8-20-10-11(17)13(15)19/h11,16H,2-10H2,1H3,(H2,15,19). The van der Waals surface area contributed by atoms with Crippen molar-refractivity contribution in [3.63, 3.8) is 0 Å². The van der Waals surface area contributed by atoms with Crippen LogP contribution in [0.1, 0.15) is 38.5 Å². The van der Waals surface area contributed by atoms with Gasteiger partial charge >= 0.3 is 0 Å². The highest BCUT2D eigenvalue weighted by Gasteiger charge is 2.37. The predicted octanol–water partition coefficient (Wildman–Crippen LogP) is 0.0115. The molecular formula is C14H25N3O3. The molecule has 2 fully saturated rings. The SMILES string of the molecule is CNC1(CC(=O)N2CCOCC2C(N)=O)CCCCC1. The van der Waals surface area contributed by atoms with E-state index in [9.17, 15) is 9.59 Å². The Hall–Kier alpha value is -1.14. The van der Waals surface area contributed by atoms with E-state index in [0.717, 1.165) is 25.7 Å². The normalized spacial score (nSPS) is 26.2. The lowest BCUT2D eigenvalue weighted by atomic mass is 9.79. The molecule has 0 radical (unpaired) electrons. The highest BCUT2D eigenvalue weighted by molar-refractivity contribution is 5.87. The Bertz CT molecular complexity index is 367. The number of hydrogen-bond acceptors (Lipinski definition) is 4. The van der Waals surface area contributed by atoms with Crippen molar-refractivity contribution in [1.82, 2.24) is 10.2 Å². The van der Waals surface area contributed by atoms with Gasteiger partial charge in [-0.15, -0.1) is 0 Å². The third-order valence-electron chi connectivity index (χ3n) is 4.61. The van der Waals surface area contributed by atoms with Crippen LogP contribution in [0.5, 0.6) is 0 Å². The minimum absolute atomic E-state index is 0.00773. The molecule has 1 heterocycles. The van der Waals surface area contributed by atoms with E-state index in [-0.39, 0.29) is 18.1 Å². The number of rotatable bonds is 4. The van der Waals surface area contributed by atoms with Crippen LogP contribution in [-0.4, -0.2) is 55.1 Å². The molecule has 1 aliphatic heterocycles. The van der Waals surface area contributed by atoms with Gasteiger partial charge in [-0.25, -0.2) is 0 Å². The summed E-state index contributed by atoms with van der Waals surface area (Å²) in [5.74, 6) is -0.478. The van der Waals surface area contributed by atoms with Gasteiger partial charge in [0.15, 0.2) is 0 Å². The zero-order chi connectivity index (χ0) is 14.6. The fraction of sp³-hybridized carbons (Fsp3) is 0.857.